The van der Waals surface area contributed by atoms with Crippen molar-refractivity contribution in [3.8, 4) is 0 Å². The molecule has 14 heavy (non-hydrogen) atoms. The number of nitrogens with two attached hydrogens (primary N) is 1. The minimum Gasteiger partial charge on any atom is -0.478 e. The fourth-order valence-electron chi connectivity index (χ4n) is 1.22. The van der Waals surface area contributed by atoms with Gasteiger partial charge in [0.1, 0.15) is 0 Å². The molecular formula is C10H14N2O2. The van der Waals surface area contributed by atoms with Crippen LogP contribution in [0.4, 0.5) is 5.69 Å². The number of carboxylic acids is 1. The number of benzene rings is 1. The van der Waals surface area contributed by atoms with Gasteiger partial charge in [-0.15, -0.1) is 0 Å². The van der Waals surface area contributed by atoms with Crippen LogP contribution < -0.4 is 11.1 Å². The summed E-state index contributed by atoms with van der Waals surface area (Å²) in [6.07, 6.45) is 0.808. The Morgan fingerprint density at radius 1 is 1.57 bits per heavy atom. The average molecular weight is 194 g/mol. The van der Waals surface area contributed by atoms with E-state index in [1.165, 1.54) is 6.07 Å². The normalized spacial score (nSPS) is 10.1. The Hall–Kier alpha value is -1.55. The van der Waals surface area contributed by atoms with Gasteiger partial charge in [-0.3, -0.25) is 0 Å². The second-order valence-corrected chi connectivity index (χ2v) is 3.07. The van der Waals surface area contributed by atoms with Crippen molar-refractivity contribution in [2.24, 2.45) is 0 Å². The molecule has 4 heteroatoms. The summed E-state index contributed by atoms with van der Waals surface area (Å²) in [5.41, 5.74) is 7.46. The number of aromatic carboxylic acids is 1. The van der Waals surface area contributed by atoms with Gasteiger partial charge in [-0.25, -0.2) is 4.79 Å². The van der Waals surface area contributed by atoms with Crippen LogP contribution in [0.3, 0.4) is 0 Å². The van der Waals surface area contributed by atoms with E-state index in [2.05, 4.69) is 5.32 Å². The zero-order chi connectivity index (χ0) is 10.6. The minimum absolute atomic E-state index is 0.232. The molecule has 0 radical (unpaired) electrons. The number of nitrogens with one attached hydrogen (secondary N) is 1. The van der Waals surface area contributed by atoms with Crippen LogP contribution in [-0.2, 0) is 6.42 Å². The lowest BCUT2D eigenvalue weighted by molar-refractivity contribution is 0.0697. The summed E-state index contributed by atoms with van der Waals surface area (Å²) >= 11 is 0. The molecule has 0 bridgehead atoms. The van der Waals surface area contributed by atoms with Gasteiger partial charge >= 0.3 is 5.97 Å². The maximum atomic E-state index is 10.6. The molecule has 1 rings (SSSR count). The van der Waals surface area contributed by atoms with Crippen molar-refractivity contribution in [1.29, 1.82) is 0 Å². The van der Waals surface area contributed by atoms with Crippen molar-refractivity contribution in [3.63, 3.8) is 0 Å². The number of carbonyl (C=O) groups is 1. The highest BCUT2D eigenvalue weighted by molar-refractivity contribution is 5.88. The summed E-state index contributed by atoms with van der Waals surface area (Å²) in [4.78, 5) is 10.6. The first-order chi connectivity index (χ1) is 6.65. The smallest absolute Gasteiger partial charge is 0.335 e. The highest BCUT2D eigenvalue weighted by Crippen LogP contribution is 2.14. The van der Waals surface area contributed by atoms with Gasteiger partial charge in [0.2, 0.25) is 0 Å². The van der Waals surface area contributed by atoms with Gasteiger partial charge in [-0.05, 0) is 37.7 Å². The number of nitrogen functional groups attached to an aromatic ring is 1. The van der Waals surface area contributed by atoms with E-state index in [1.807, 2.05) is 7.05 Å². The molecule has 0 aliphatic carbocycles. The van der Waals surface area contributed by atoms with E-state index in [0.29, 0.717) is 5.69 Å². The standard InChI is InChI=1S/C10H14N2O2/c1-12-5-4-7-2-3-8(10(13)14)6-9(7)11/h2-3,6,12H,4-5,11H2,1H3,(H,13,14). The molecule has 0 saturated carbocycles. The number of hydrogen-bond acceptors (Lipinski definition) is 3. The van der Waals surface area contributed by atoms with E-state index in [0.717, 1.165) is 18.5 Å². The number of likely N-dealkylation sites (N-methyl/N-ethyl adjacent to an activating group) is 1. The van der Waals surface area contributed by atoms with E-state index in [4.69, 9.17) is 10.8 Å². The molecule has 1 aromatic carbocycles. The molecule has 0 heterocycles. The van der Waals surface area contributed by atoms with Gasteiger partial charge in [0.05, 0.1) is 5.56 Å². The highest BCUT2D eigenvalue weighted by atomic mass is 16.4. The Labute approximate surface area is 82.7 Å². The fraction of sp³-hybridized carbons (Fsp3) is 0.300. The molecule has 4 nitrogen and oxygen atoms in total. The summed E-state index contributed by atoms with van der Waals surface area (Å²) in [6.45, 7) is 0.830. The van der Waals surface area contributed by atoms with Crippen LogP contribution in [0.1, 0.15) is 15.9 Å². The van der Waals surface area contributed by atoms with Gasteiger partial charge in [0, 0.05) is 5.69 Å². The van der Waals surface area contributed by atoms with Crippen LogP contribution in [0.15, 0.2) is 18.2 Å². The van der Waals surface area contributed by atoms with E-state index >= 15 is 0 Å². The Morgan fingerprint density at radius 2 is 2.29 bits per heavy atom. The third-order valence-electron chi connectivity index (χ3n) is 2.04. The molecule has 0 amide bonds. The van der Waals surface area contributed by atoms with Gasteiger partial charge in [0.25, 0.3) is 0 Å². The van der Waals surface area contributed by atoms with Crippen molar-refractivity contribution < 1.29 is 9.90 Å². The molecule has 0 aliphatic rings. The number of carboxylic acid groups (broad SMARTS) is 1. The van der Waals surface area contributed by atoms with E-state index in [1.54, 1.807) is 12.1 Å². The summed E-state index contributed by atoms with van der Waals surface area (Å²) in [5, 5.41) is 11.7. The predicted molar refractivity (Wildman–Crippen MR) is 55.4 cm³/mol. The second kappa shape index (κ2) is 4.62. The predicted octanol–water partition coefficient (Wildman–Crippen LogP) is 0.729. The van der Waals surface area contributed by atoms with Crippen molar-refractivity contribution >= 4 is 11.7 Å². The van der Waals surface area contributed by atoms with Gasteiger partial charge in [-0.2, -0.15) is 0 Å². The highest BCUT2D eigenvalue weighted by Gasteiger charge is 2.05. The molecular weight excluding hydrogens is 180 g/mol. The van der Waals surface area contributed by atoms with Crippen molar-refractivity contribution in [3.05, 3.63) is 29.3 Å². The van der Waals surface area contributed by atoms with Crippen LogP contribution in [-0.4, -0.2) is 24.7 Å². The van der Waals surface area contributed by atoms with E-state index < -0.39 is 5.97 Å². The van der Waals surface area contributed by atoms with Gasteiger partial charge in [0.15, 0.2) is 0 Å². The third kappa shape index (κ3) is 2.47. The first-order valence-electron chi connectivity index (χ1n) is 4.41. The van der Waals surface area contributed by atoms with E-state index in [9.17, 15) is 4.79 Å². The van der Waals surface area contributed by atoms with E-state index in [-0.39, 0.29) is 5.56 Å². The molecule has 1 aromatic rings. The first-order valence-corrected chi connectivity index (χ1v) is 4.41. The first kappa shape index (κ1) is 10.5. The Bertz CT molecular complexity index is 337. The third-order valence-corrected chi connectivity index (χ3v) is 2.04. The molecule has 76 valence electrons. The Morgan fingerprint density at radius 3 is 2.79 bits per heavy atom. The molecule has 0 aromatic heterocycles. The Balaban J connectivity index is 2.84. The minimum atomic E-state index is -0.947. The summed E-state index contributed by atoms with van der Waals surface area (Å²) in [5.74, 6) is -0.947. The SMILES string of the molecule is CNCCc1ccc(C(=O)O)cc1N. The largest absolute Gasteiger partial charge is 0.478 e. The van der Waals surface area contributed by atoms with Gasteiger partial charge in [-0.1, -0.05) is 6.07 Å². The average Bonchev–Trinajstić information content (AvgIpc) is 2.15. The van der Waals surface area contributed by atoms with Crippen molar-refractivity contribution in [1.82, 2.24) is 5.32 Å². The molecule has 0 unspecified atom stereocenters. The van der Waals surface area contributed by atoms with Gasteiger partial charge < -0.3 is 16.2 Å². The zero-order valence-electron chi connectivity index (χ0n) is 8.08. The quantitative estimate of drug-likeness (QED) is 0.618. The van der Waals surface area contributed by atoms with Crippen molar-refractivity contribution in [2.45, 2.75) is 6.42 Å². The lowest BCUT2D eigenvalue weighted by Crippen LogP contribution is -2.11. The lowest BCUT2D eigenvalue weighted by Gasteiger charge is -2.05. The molecule has 0 aliphatic heterocycles. The summed E-state index contributed by atoms with van der Waals surface area (Å²) in [7, 11) is 1.86. The molecule has 0 saturated heterocycles. The molecule has 0 atom stereocenters. The molecule has 0 spiro atoms. The van der Waals surface area contributed by atoms with Crippen LogP contribution in [0.5, 0.6) is 0 Å². The topological polar surface area (TPSA) is 75.3 Å². The number of anilines is 1. The number of rotatable bonds is 4. The maximum Gasteiger partial charge on any atom is 0.335 e. The van der Waals surface area contributed by atoms with Crippen LogP contribution >= 0.6 is 0 Å². The summed E-state index contributed by atoms with van der Waals surface area (Å²) in [6, 6.07) is 4.83. The summed E-state index contributed by atoms with van der Waals surface area (Å²) < 4.78 is 0. The van der Waals surface area contributed by atoms with Crippen LogP contribution in [0, 0.1) is 0 Å². The Kier molecular flexibility index (Phi) is 3.48. The molecule has 0 fully saturated rings. The van der Waals surface area contributed by atoms with Crippen LogP contribution in [0.25, 0.3) is 0 Å². The monoisotopic (exact) mass is 194 g/mol. The lowest BCUT2D eigenvalue weighted by atomic mass is 10.1. The fourth-order valence-corrected chi connectivity index (χ4v) is 1.22. The second-order valence-electron chi connectivity index (χ2n) is 3.07. The molecule has 4 N–H and O–H groups in total. The maximum absolute atomic E-state index is 10.6. The number of hydrogen-bond donors (Lipinski definition) is 3. The zero-order valence-corrected chi connectivity index (χ0v) is 8.08. The van der Waals surface area contributed by atoms with Crippen LogP contribution in [0.2, 0.25) is 0 Å². The van der Waals surface area contributed by atoms with Crippen molar-refractivity contribution in [2.75, 3.05) is 19.3 Å².